The van der Waals surface area contributed by atoms with Crippen LogP contribution in [0.25, 0.3) is 10.9 Å². The number of aromatic nitrogens is 1. The van der Waals surface area contributed by atoms with E-state index < -0.39 is 11.4 Å². The zero-order valence-electron chi connectivity index (χ0n) is 6.70. The topological polar surface area (TPSA) is 83.3 Å². The van der Waals surface area contributed by atoms with E-state index >= 15 is 0 Å². The number of hydrogen-bond acceptors (Lipinski definition) is 4. The summed E-state index contributed by atoms with van der Waals surface area (Å²) in [7, 11) is 0. The Kier molecular flexibility index (Phi) is 1.92. The van der Waals surface area contributed by atoms with Gasteiger partial charge in [0, 0.05) is 4.47 Å². The van der Waals surface area contributed by atoms with Gasteiger partial charge in [0.1, 0.15) is 11.3 Å². The van der Waals surface area contributed by atoms with E-state index in [1.165, 1.54) is 12.1 Å². The van der Waals surface area contributed by atoms with Crippen LogP contribution in [0.1, 0.15) is 0 Å². The molecule has 0 amide bonds. The summed E-state index contributed by atoms with van der Waals surface area (Å²) in [5.74, 6) is -1.07. The predicted molar refractivity (Wildman–Crippen MR) is 52.5 cm³/mol. The van der Waals surface area contributed by atoms with Crippen LogP contribution in [0, 0.1) is 0 Å². The summed E-state index contributed by atoms with van der Waals surface area (Å²) in [6.45, 7) is 0. The second-order valence-electron chi connectivity index (χ2n) is 2.65. The van der Waals surface area contributed by atoms with E-state index in [4.69, 9.17) is 0 Å². The van der Waals surface area contributed by atoms with Gasteiger partial charge in [-0.25, -0.2) is 9.59 Å². The zero-order valence-corrected chi connectivity index (χ0v) is 8.29. The summed E-state index contributed by atoms with van der Waals surface area (Å²) in [6, 6.07) is 2.83. The summed E-state index contributed by atoms with van der Waals surface area (Å²) in [6.07, 6.45) is 0. The Balaban J connectivity index is 3.10. The Labute approximate surface area is 85.1 Å². The van der Waals surface area contributed by atoms with Crippen LogP contribution in [0.4, 0.5) is 0 Å². The molecule has 1 aromatic carbocycles. The third kappa shape index (κ3) is 1.33. The van der Waals surface area contributed by atoms with Gasteiger partial charge < -0.3 is 9.52 Å². The Bertz CT molecular complexity index is 613. The zero-order chi connectivity index (χ0) is 10.3. The van der Waals surface area contributed by atoms with Gasteiger partial charge in [-0.05, 0) is 12.1 Å². The molecule has 5 nitrogen and oxygen atoms in total. The van der Waals surface area contributed by atoms with Crippen LogP contribution in [0.2, 0.25) is 0 Å². The monoisotopic (exact) mass is 257 g/mol. The average molecular weight is 258 g/mol. The average Bonchev–Trinajstić information content (AvgIpc) is 2.07. The molecule has 0 saturated carbocycles. The molecular formula is C8H4BrNO4. The number of H-pyrrole nitrogens is 1. The molecule has 0 aliphatic carbocycles. The maximum Gasteiger partial charge on any atom is 0.419 e. The highest BCUT2D eigenvalue weighted by atomic mass is 79.9. The Morgan fingerprint density at radius 3 is 2.79 bits per heavy atom. The van der Waals surface area contributed by atoms with Crippen molar-refractivity contribution in [2.24, 2.45) is 0 Å². The lowest BCUT2D eigenvalue weighted by Crippen LogP contribution is -2.14. The summed E-state index contributed by atoms with van der Waals surface area (Å²) in [5.41, 5.74) is -0.699. The molecule has 0 fully saturated rings. The lowest BCUT2D eigenvalue weighted by molar-refractivity contribution is 0.452. The van der Waals surface area contributed by atoms with Gasteiger partial charge in [0.25, 0.3) is 0 Å². The highest BCUT2D eigenvalue weighted by Gasteiger charge is 2.07. The predicted octanol–water partition coefficient (Wildman–Crippen LogP) is 0.949. The molecule has 1 aromatic heterocycles. The van der Waals surface area contributed by atoms with E-state index in [0.29, 0.717) is 4.47 Å². The normalized spacial score (nSPS) is 10.6. The van der Waals surface area contributed by atoms with Crippen LogP contribution in [-0.4, -0.2) is 10.1 Å². The molecule has 0 bridgehead atoms. The van der Waals surface area contributed by atoms with Crippen molar-refractivity contribution in [2.75, 3.05) is 0 Å². The minimum Gasteiger partial charge on any atom is -0.506 e. The minimum atomic E-state index is -0.889. The molecule has 72 valence electrons. The third-order valence-corrected chi connectivity index (χ3v) is 2.17. The van der Waals surface area contributed by atoms with E-state index in [2.05, 4.69) is 25.3 Å². The van der Waals surface area contributed by atoms with Crippen molar-refractivity contribution < 1.29 is 9.52 Å². The van der Waals surface area contributed by atoms with E-state index in [0.717, 1.165) is 0 Å². The fourth-order valence-electron chi connectivity index (χ4n) is 1.15. The molecule has 0 saturated heterocycles. The number of benzene rings is 1. The molecule has 0 spiro atoms. The number of rotatable bonds is 0. The Morgan fingerprint density at radius 1 is 1.36 bits per heavy atom. The van der Waals surface area contributed by atoms with Gasteiger partial charge in [-0.2, -0.15) is 0 Å². The van der Waals surface area contributed by atoms with Gasteiger partial charge in [0.05, 0.1) is 5.39 Å². The third-order valence-electron chi connectivity index (χ3n) is 1.71. The fourth-order valence-corrected chi connectivity index (χ4v) is 1.60. The smallest absolute Gasteiger partial charge is 0.419 e. The maximum atomic E-state index is 11.2. The van der Waals surface area contributed by atoms with Crippen molar-refractivity contribution in [2.45, 2.75) is 0 Å². The summed E-state index contributed by atoms with van der Waals surface area (Å²) < 4.78 is 4.83. The van der Waals surface area contributed by atoms with Gasteiger partial charge in [-0.3, -0.25) is 4.98 Å². The molecule has 0 aliphatic rings. The molecule has 2 aromatic rings. The van der Waals surface area contributed by atoms with Crippen molar-refractivity contribution in [3.63, 3.8) is 0 Å². The van der Waals surface area contributed by atoms with E-state index in [-0.39, 0.29) is 16.7 Å². The lowest BCUT2D eigenvalue weighted by atomic mass is 10.2. The standard InChI is InChI=1S/C8H4BrNO4/c9-3-1-4-6(5(11)2-3)10-8(13)14-7(4)12/h1-2,11H,(H,10,13). The van der Waals surface area contributed by atoms with Crippen molar-refractivity contribution in [3.8, 4) is 5.75 Å². The van der Waals surface area contributed by atoms with Crippen LogP contribution in [0.3, 0.4) is 0 Å². The summed E-state index contributed by atoms with van der Waals surface area (Å²) >= 11 is 3.10. The number of aromatic hydroxyl groups is 1. The number of phenolic OH excluding ortho intramolecular Hbond substituents is 1. The summed E-state index contributed by atoms with van der Waals surface area (Å²) in [5, 5.41) is 9.54. The van der Waals surface area contributed by atoms with E-state index in [9.17, 15) is 14.7 Å². The number of phenols is 1. The highest BCUT2D eigenvalue weighted by molar-refractivity contribution is 9.10. The van der Waals surface area contributed by atoms with Crippen LogP contribution in [-0.2, 0) is 0 Å². The Hall–Kier alpha value is -1.56. The first-order chi connectivity index (χ1) is 6.58. The number of fused-ring (bicyclic) bond motifs is 1. The SMILES string of the molecule is O=c1[nH]c2c(O)cc(Br)cc2c(=O)o1. The number of nitrogens with one attached hydrogen (secondary N) is 1. The number of aromatic amines is 1. The minimum absolute atomic E-state index is 0.0782. The molecule has 2 rings (SSSR count). The van der Waals surface area contributed by atoms with Crippen molar-refractivity contribution in [1.82, 2.24) is 4.98 Å². The number of hydrogen-bond donors (Lipinski definition) is 2. The molecule has 0 unspecified atom stereocenters. The highest BCUT2D eigenvalue weighted by Crippen LogP contribution is 2.24. The van der Waals surface area contributed by atoms with Crippen LogP contribution >= 0.6 is 15.9 Å². The second kappa shape index (κ2) is 2.98. The lowest BCUT2D eigenvalue weighted by Gasteiger charge is -1.99. The maximum absolute atomic E-state index is 11.2. The van der Waals surface area contributed by atoms with Gasteiger partial charge in [-0.1, -0.05) is 15.9 Å². The van der Waals surface area contributed by atoms with Crippen LogP contribution < -0.4 is 11.4 Å². The first kappa shape index (κ1) is 9.01. The second-order valence-corrected chi connectivity index (χ2v) is 3.57. The molecule has 6 heteroatoms. The van der Waals surface area contributed by atoms with Crippen LogP contribution in [0.15, 0.2) is 30.6 Å². The quantitative estimate of drug-likeness (QED) is 0.736. The van der Waals surface area contributed by atoms with Gasteiger partial charge in [0.2, 0.25) is 0 Å². The summed E-state index contributed by atoms with van der Waals surface area (Å²) in [4.78, 5) is 24.2. The fraction of sp³-hybridized carbons (Fsp3) is 0. The largest absolute Gasteiger partial charge is 0.506 e. The molecule has 0 atom stereocenters. The molecule has 0 aliphatic heterocycles. The first-order valence-electron chi connectivity index (χ1n) is 3.63. The van der Waals surface area contributed by atoms with Gasteiger partial charge >= 0.3 is 11.4 Å². The van der Waals surface area contributed by atoms with Crippen molar-refractivity contribution >= 4 is 26.8 Å². The van der Waals surface area contributed by atoms with E-state index in [1.54, 1.807) is 0 Å². The number of halogens is 1. The Morgan fingerprint density at radius 2 is 2.07 bits per heavy atom. The molecule has 0 radical (unpaired) electrons. The van der Waals surface area contributed by atoms with Crippen molar-refractivity contribution in [1.29, 1.82) is 0 Å². The van der Waals surface area contributed by atoms with Gasteiger partial charge in [0.15, 0.2) is 0 Å². The molecular weight excluding hydrogens is 254 g/mol. The van der Waals surface area contributed by atoms with E-state index in [1.807, 2.05) is 0 Å². The molecule has 1 heterocycles. The molecule has 2 N–H and O–H groups in total. The molecule has 14 heavy (non-hydrogen) atoms. The van der Waals surface area contributed by atoms with Crippen molar-refractivity contribution in [3.05, 3.63) is 37.6 Å². The van der Waals surface area contributed by atoms with Gasteiger partial charge in [-0.15, -0.1) is 0 Å². The van der Waals surface area contributed by atoms with Crippen LogP contribution in [0.5, 0.6) is 5.75 Å². The first-order valence-corrected chi connectivity index (χ1v) is 4.43.